The molecule has 0 bridgehead atoms. The molecule has 4 heteroatoms. The van der Waals surface area contributed by atoms with Gasteiger partial charge in [0.15, 0.2) is 0 Å². The number of piperidine rings is 1. The van der Waals surface area contributed by atoms with Crippen molar-refractivity contribution in [1.82, 2.24) is 10.6 Å². The smallest absolute Gasteiger partial charge is 0.324 e. The van der Waals surface area contributed by atoms with E-state index >= 15 is 0 Å². The molecule has 0 aliphatic carbocycles. The fraction of sp³-hybridized carbons (Fsp3) is 0.917. The highest BCUT2D eigenvalue weighted by Crippen LogP contribution is 2.39. The van der Waals surface area contributed by atoms with Gasteiger partial charge < -0.3 is 10.1 Å². The van der Waals surface area contributed by atoms with E-state index in [1.807, 2.05) is 20.8 Å². The Morgan fingerprint density at radius 1 is 1.38 bits per heavy atom. The van der Waals surface area contributed by atoms with Crippen molar-refractivity contribution in [3.8, 4) is 0 Å². The summed E-state index contributed by atoms with van der Waals surface area (Å²) in [5, 5.41) is 7.56. The summed E-state index contributed by atoms with van der Waals surface area (Å²) in [5.74, 6) is -0.0966. The summed E-state index contributed by atoms with van der Waals surface area (Å²) in [4.78, 5) is 12.0. The van der Waals surface area contributed by atoms with Crippen LogP contribution in [0, 0.1) is 5.41 Å². The number of ether oxygens (including phenoxy) is 1. The monoisotopic (exact) mass is 225 g/mol. The molecule has 16 heavy (non-hydrogen) atoms. The topological polar surface area (TPSA) is 52.4 Å². The lowest BCUT2D eigenvalue weighted by molar-refractivity contribution is -0.167. The van der Waals surface area contributed by atoms with E-state index in [4.69, 9.17) is 4.74 Å². The Hall–Kier alpha value is -0.610. The van der Waals surface area contributed by atoms with Gasteiger partial charge in [-0.3, -0.25) is 4.79 Å². The lowest BCUT2D eigenvalue weighted by atomic mass is 9.67. The van der Waals surface area contributed by atoms with Crippen molar-refractivity contribution in [1.29, 1.82) is 0 Å². The Morgan fingerprint density at radius 2 is 2.00 bits per heavy atom. The molecule has 1 N–H and O–H groups in total. The maximum absolute atomic E-state index is 12.0. The molecule has 2 aliphatic rings. The molecule has 2 saturated heterocycles. The van der Waals surface area contributed by atoms with Crippen molar-refractivity contribution in [3.63, 3.8) is 0 Å². The summed E-state index contributed by atoms with van der Waals surface area (Å²) >= 11 is 0. The van der Waals surface area contributed by atoms with Crippen LogP contribution in [0.4, 0.5) is 0 Å². The second-order valence-corrected chi connectivity index (χ2v) is 5.88. The normalized spacial score (nSPS) is 28.6. The SMILES string of the molecule is CC(C)(C)OC(=O)C1NCC12CC[N]CC2. The van der Waals surface area contributed by atoms with Crippen LogP contribution in [0.2, 0.25) is 0 Å². The number of nitrogens with one attached hydrogen (secondary N) is 1. The molecule has 2 heterocycles. The molecule has 0 saturated carbocycles. The second-order valence-electron chi connectivity index (χ2n) is 5.88. The number of nitrogens with zero attached hydrogens (tertiary/aromatic N) is 1. The molecule has 1 spiro atoms. The fourth-order valence-corrected chi connectivity index (χ4v) is 2.49. The van der Waals surface area contributed by atoms with Crippen LogP contribution >= 0.6 is 0 Å². The van der Waals surface area contributed by atoms with Crippen molar-refractivity contribution < 1.29 is 9.53 Å². The van der Waals surface area contributed by atoms with E-state index in [1.54, 1.807) is 0 Å². The molecule has 2 rings (SSSR count). The van der Waals surface area contributed by atoms with Crippen molar-refractivity contribution in [2.75, 3.05) is 19.6 Å². The van der Waals surface area contributed by atoms with Gasteiger partial charge in [-0.1, -0.05) is 0 Å². The number of carbonyl (C=O) groups is 1. The predicted octanol–water partition coefficient (Wildman–Crippen LogP) is 0.684. The zero-order chi connectivity index (χ0) is 11.8. The molecule has 4 nitrogen and oxygen atoms in total. The maximum atomic E-state index is 12.0. The van der Waals surface area contributed by atoms with E-state index in [9.17, 15) is 4.79 Å². The van der Waals surface area contributed by atoms with Crippen LogP contribution in [0.5, 0.6) is 0 Å². The summed E-state index contributed by atoms with van der Waals surface area (Å²) in [5.41, 5.74) is -0.265. The first-order valence-electron chi connectivity index (χ1n) is 6.03. The second kappa shape index (κ2) is 4.00. The van der Waals surface area contributed by atoms with Gasteiger partial charge in [-0.25, -0.2) is 5.32 Å². The number of hydrogen-bond acceptors (Lipinski definition) is 3. The number of rotatable bonds is 1. The zero-order valence-corrected chi connectivity index (χ0v) is 10.4. The Kier molecular flexibility index (Phi) is 2.97. The molecule has 0 aromatic rings. The van der Waals surface area contributed by atoms with Crippen LogP contribution in [-0.2, 0) is 9.53 Å². The highest BCUT2D eigenvalue weighted by Gasteiger charge is 2.52. The van der Waals surface area contributed by atoms with Crippen LogP contribution in [0.25, 0.3) is 0 Å². The Balaban J connectivity index is 1.97. The maximum Gasteiger partial charge on any atom is 0.324 e. The standard InChI is InChI=1S/C12H21N2O2/c1-11(2,3)16-10(15)9-12(8-14-9)4-6-13-7-5-12/h9,14H,4-8H2,1-3H3. The van der Waals surface area contributed by atoms with Crippen LogP contribution in [0.1, 0.15) is 33.6 Å². The minimum Gasteiger partial charge on any atom is -0.459 e. The third-order valence-corrected chi connectivity index (χ3v) is 3.45. The highest BCUT2D eigenvalue weighted by molar-refractivity contribution is 5.78. The average molecular weight is 225 g/mol. The molecular weight excluding hydrogens is 204 g/mol. The number of hydrogen-bond donors (Lipinski definition) is 1. The average Bonchev–Trinajstić information content (AvgIpc) is 2.14. The molecular formula is C12H21N2O2. The van der Waals surface area contributed by atoms with Gasteiger partial charge in [-0.05, 0) is 33.6 Å². The lowest BCUT2D eigenvalue weighted by Gasteiger charge is -2.51. The lowest BCUT2D eigenvalue weighted by Crippen LogP contribution is -2.68. The molecule has 91 valence electrons. The van der Waals surface area contributed by atoms with E-state index in [-0.39, 0.29) is 17.4 Å². The predicted molar refractivity (Wildman–Crippen MR) is 61.2 cm³/mol. The highest BCUT2D eigenvalue weighted by atomic mass is 16.6. The van der Waals surface area contributed by atoms with Gasteiger partial charge in [0.25, 0.3) is 0 Å². The molecule has 1 radical (unpaired) electrons. The van der Waals surface area contributed by atoms with Gasteiger partial charge in [0.2, 0.25) is 0 Å². The minimum absolute atomic E-state index is 0.0966. The summed E-state index contributed by atoms with van der Waals surface area (Å²) in [6, 6.07) is -0.109. The molecule has 1 unspecified atom stereocenters. The third-order valence-electron chi connectivity index (χ3n) is 3.45. The van der Waals surface area contributed by atoms with Gasteiger partial charge in [-0.2, -0.15) is 0 Å². The van der Waals surface area contributed by atoms with E-state index in [1.165, 1.54) is 0 Å². The van der Waals surface area contributed by atoms with Gasteiger partial charge in [0, 0.05) is 25.0 Å². The Morgan fingerprint density at radius 3 is 2.44 bits per heavy atom. The zero-order valence-electron chi connectivity index (χ0n) is 10.4. The van der Waals surface area contributed by atoms with Gasteiger partial charge >= 0.3 is 5.97 Å². The molecule has 1 atom stereocenters. The van der Waals surface area contributed by atoms with Crippen LogP contribution in [-0.4, -0.2) is 37.2 Å². The van der Waals surface area contributed by atoms with Crippen molar-refractivity contribution >= 4 is 5.97 Å². The fourth-order valence-electron chi connectivity index (χ4n) is 2.49. The third kappa shape index (κ3) is 2.23. The molecule has 0 amide bonds. The largest absolute Gasteiger partial charge is 0.459 e. The number of esters is 1. The Labute approximate surface area is 97.1 Å². The quantitative estimate of drug-likeness (QED) is 0.668. The van der Waals surface area contributed by atoms with Gasteiger partial charge in [-0.15, -0.1) is 0 Å². The molecule has 0 aromatic carbocycles. The van der Waals surface area contributed by atoms with Crippen LogP contribution < -0.4 is 10.6 Å². The first-order chi connectivity index (χ1) is 7.43. The van der Waals surface area contributed by atoms with Gasteiger partial charge in [0.05, 0.1) is 0 Å². The molecule has 2 aliphatic heterocycles. The molecule has 2 fully saturated rings. The summed E-state index contributed by atoms with van der Waals surface area (Å²) in [7, 11) is 0. The van der Waals surface area contributed by atoms with Crippen LogP contribution in [0.3, 0.4) is 0 Å². The molecule has 0 aromatic heterocycles. The summed E-state index contributed by atoms with van der Waals surface area (Å²) in [6.07, 6.45) is 2.04. The van der Waals surface area contributed by atoms with Crippen molar-refractivity contribution in [2.24, 2.45) is 5.41 Å². The van der Waals surface area contributed by atoms with Crippen LogP contribution in [0.15, 0.2) is 0 Å². The Bertz CT molecular complexity index is 277. The number of carbonyl (C=O) groups excluding carboxylic acids is 1. The first-order valence-corrected chi connectivity index (χ1v) is 6.03. The van der Waals surface area contributed by atoms with Gasteiger partial charge in [0.1, 0.15) is 11.6 Å². The van der Waals surface area contributed by atoms with E-state index in [0.29, 0.717) is 0 Å². The van der Waals surface area contributed by atoms with E-state index in [0.717, 1.165) is 32.5 Å². The summed E-state index contributed by atoms with van der Waals surface area (Å²) < 4.78 is 5.44. The van der Waals surface area contributed by atoms with Crippen molar-refractivity contribution in [2.45, 2.75) is 45.3 Å². The first kappa shape index (κ1) is 11.9. The summed E-state index contributed by atoms with van der Waals surface area (Å²) in [6.45, 7) is 8.44. The van der Waals surface area contributed by atoms with E-state index < -0.39 is 5.60 Å². The van der Waals surface area contributed by atoms with E-state index in [2.05, 4.69) is 10.6 Å². The van der Waals surface area contributed by atoms with Crippen molar-refractivity contribution in [3.05, 3.63) is 0 Å². The minimum atomic E-state index is -0.394.